The second kappa shape index (κ2) is 9.93. The van der Waals surface area contributed by atoms with Crippen LogP contribution in [0.4, 0.5) is 15.2 Å². The van der Waals surface area contributed by atoms with E-state index in [1.165, 1.54) is 47.1 Å². The first-order valence-electron chi connectivity index (χ1n) is 9.78. The minimum atomic E-state index is -0.517. The van der Waals surface area contributed by atoms with Crippen LogP contribution in [0.1, 0.15) is 12.6 Å². The maximum absolute atomic E-state index is 14.2. The summed E-state index contributed by atoms with van der Waals surface area (Å²) in [6, 6.07) is 20.1. The summed E-state index contributed by atoms with van der Waals surface area (Å²) in [5.74, 6) is -1.07. The molecule has 1 amide bonds. The summed E-state index contributed by atoms with van der Waals surface area (Å²) in [6.07, 6.45) is 0. The average Bonchev–Trinajstić information content (AvgIpc) is 3.26. The molecule has 0 aliphatic heterocycles. The van der Waals surface area contributed by atoms with E-state index in [1.807, 2.05) is 42.5 Å². The number of aromatic nitrogens is 1. The molecule has 0 spiro atoms. The Labute approximate surface area is 192 Å². The molecule has 5 nitrogen and oxygen atoms in total. The van der Waals surface area contributed by atoms with Crippen LogP contribution in [0.2, 0.25) is 0 Å². The zero-order chi connectivity index (χ0) is 22.5. The van der Waals surface area contributed by atoms with Gasteiger partial charge in [0.2, 0.25) is 5.91 Å². The summed E-state index contributed by atoms with van der Waals surface area (Å²) in [5.41, 5.74) is 0.626. The van der Waals surface area contributed by atoms with Crippen molar-refractivity contribution < 1.29 is 18.7 Å². The number of anilines is 2. The van der Waals surface area contributed by atoms with Crippen molar-refractivity contribution in [3.05, 3.63) is 83.6 Å². The molecule has 1 aromatic heterocycles. The Morgan fingerprint density at radius 1 is 1.06 bits per heavy atom. The minimum absolute atomic E-state index is 0.0172. The lowest BCUT2D eigenvalue weighted by Gasteiger charge is -2.18. The van der Waals surface area contributed by atoms with E-state index in [0.717, 1.165) is 15.7 Å². The highest BCUT2D eigenvalue weighted by molar-refractivity contribution is 8.00. The van der Waals surface area contributed by atoms with Gasteiger partial charge in [0.25, 0.3) is 0 Å². The smallest absolute Gasteiger partial charge is 0.316 e. The number of esters is 1. The van der Waals surface area contributed by atoms with Crippen LogP contribution >= 0.6 is 23.1 Å². The van der Waals surface area contributed by atoms with Crippen LogP contribution in [0.25, 0.3) is 10.8 Å². The molecule has 4 aromatic rings. The van der Waals surface area contributed by atoms with Gasteiger partial charge in [-0.1, -0.05) is 42.5 Å². The van der Waals surface area contributed by atoms with Crippen LogP contribution in [0.5, 0.6) is 0 Å². The van der Waals surface area contributed by atoms with Crippen molar-refractivity contribution in [2.45, 2.75) is 18.4 Å². The quantitative estimate of drug-likeness (QED) is 0.249. The van der Waals surface area contributed by atoms with Gasteiger partial charge in [-0.2, -0.15) is 0 Å². The Bertz CT molecular complexity index is 1270. The largest absolute Gasteiger partial charge is 0.459 e. The van der Waals surface area contributed by atoms with E-state index in [-0.39, 0.29) is 29.9 Å². The van der Waals surface area contributed by atoms with E-state index in [0.29, 0.717) is 10.8 Å². The van der Waals surface area contributed by atoms with Gasteiger partial charge in [-0.3, -0.25) is 14.5 Å². The van der Waals surface area contributed by atoms with Crippen LogP contribution in [0.15, 0.2) is 77.0 Å². The summed E-state index contributed by atoms with van der Waals surface area (Å²) in [7, 11) is 0. The fourth-order valence-corrected chi connectivity index (χ4v) is 4.71. The van der Waals surface area contributed by atoms with Crippen molar-refractivity contribution in [3.63, 3.8) is 0 Å². The number of nitrogens with zero attached hydrogens (tertiary/aromatic N) is 2. The van der Waals surface area contributed by atoms with Crippen molar-refractivity contribution in [2.24, 2.45) is 0 Å². The number of benzene rings is 3. The number of hydrogen-bond donors (Lipinski definition) is 0. The first-order valence-corrected chi connectivity index (χ1v) is 11.6. The molecule has 0 fully saturated rings. The van der Waals surface area contributed by atoms with E-state index >= 15 is 0 Å². The van der Waals surface area contributed by atoms with Gasteiger partial charge in [0.1, 0.15) is 12.4 Å². The number of ether oxygens (including phenoxy) is 1. The summed E-state index contributed by atoms with van der Waals surface area (Å²) in [6.45, 7) is 1.33. The number of para-hydroxylation sites is 1. The van der Waals surface area contributed by atoms with E-state index in [9.17, 15) is 14.0 Å². The van der Waals surface area contributed by atoms with Gasteiger partial charge in [0.15, 0.2) is 5.13 Å². The summed E-state index contributed by atoms with van der Waals surface area (Å²) < 4.78 is 19.5. The number of hydrogen-bond acceptors (Lipinski definition) is 6. The zero-order valence-electron chi connectivity index (χ0n) is 17.2. The molecule has 32 heavy (non-hydrogen) atoms. The highest BCUT2D eigenvalue weighted by atomic mass is 32.2. The van der Waals surface area contributed by atoms with Crippen molar-refractivity contribution in [1.82, 2.24) is 4.98 Å². The predicted molar refractivity (Wildman–Crippen MR) is 126 cm³/mol. The lowest BCUT2D eigenvalue weighted by molar-refractivity contribution is -0.141. The number of carbonyl (C=O) groups is 2. The molecule has 0 aliphatic carbocycles. The second-order valence-electron chi connectivity index (χ2n) is 6.89. The Morgan fingerprint density at radius 3 is 2.59 bits per heavy atom. The first kappa shape index (κ1) is 22.0. The van der Waals surface area contributed by atoms with Gasteiger partial charge in [-0.05, 0) is 35.0 Å². The summed E-state index contributed by atoms with van der Waals surface area (Å²) in [4.78, 5) is 30.8. The Morgan fingerprint density at radius 2 is 1.81 bits per heavy atom. The highest BCUT2D eigenvalue weighted by Crippen LogP contribution is 2.31. The van der Waals surface area contributed by atoms with Crippen molar-refractivity contribution in [2.75, 3.05) is 10.7 Å². The lowest BCUT2D eigenvalue weighted by atomic mass is 10.1. The normalized spacial score (nSPS) is 10.8. The molecule has 0 radical (unpaired) electrons. The van der Waals surface area contributed by atoms with Gasteiger partial charge in [-0.25, -0.2) is 9.37 Å². The SMILES string of the molecule is CC(=O)N(c1nc(COC(=O)CSc2ccc3ccccc3c2)cs1)c1ccccc1F. The number of thioether (sulfide) groups is 1. The average molecular weight is 467 g/mol. The molecule has 0 atom stereocenters. The van der Waals surface area contributed by atoms with Gasteiger partial charge < -0.3 is 4.74 Å². The van der Waals surface area contributed by atoms with E-state index < -0.39 is 5.82 Å². The molecule has 0 aliphatic rings. The fourth-order valence-electron chi connectivity index (χ4n) is 3.10. The molecule has 0 unspecified atom stereocenters. The number of thiazole rings is 1. The standard InChI is InChI=1S/C24H19FN2O3S2/c1-16(28)27(22-9-5-4-8-21(22)25)24-26-19(14-32-24)13-30-23(29)15-31-20-11-10-17-6-2-3-7-18(17)12-20/h2-12,14H,13,15H2,1H3. The third-order valence-electron chi connectivity index (χ3n) is 4.60. The van der Waals surface area contributed by atoms with Crippen molar-refractivity contribution >= 4 is 56.6 Å². The molecular formula is C24H19FN2O3S2. The molecule has 162 valence electrons. The monoisotopic (exact) mass is 466 g/mol. The fraction of sp³-hybridized carbons (Fsp3) is 0.125. The first-order chi connectivity index (χ1) is 15.5. The summed E-state index contributed by atoms with van der Waals surface area (Å²) in [5, 5.41) is 4.27. The molecule has 4 rings (SSSR count). The molecule has 0 saturated carbocycles. The maximum Gasteiger partial charge on any atom is 0.316 e. The molecule has 1 heterocycles. The maximum atomic E-state index is 14.2. The third kappa shape index (κ3) is 5.15. The number of carbonyl (C=O) groups excluding carboxylic acids is 2. The van der Waals surface area contributed by atoms with Gasteiger partial charge in [-0.15, -0.1) is 23.1 Å². The number of rotatable bonds is 7. The lowest BCUT2D eigenvalue weighted by Crippen LogP contribution is -2.23. The second-order valence-corrected chi connectivity index (χ2v) is 8.77. The molecular weight excluding hydrogens is 447 g/mol. The molecule has 0 N–H and O–H groups in total. The Kier molecular flexibility index (Phi) is 6.82. The predicted octanol–water partition coefficient (Wildman–Crippen LogP) is 5.96. The van der Waals surface area contributed by atoms with E-state index in [4.69, 9.17) is 4.74 Å². The number of fused-ring (bicyclic) bond motifs is 1. The zero-order valence-corrected chi connectivity index (χ0v) is 18.8. The molecule has 3 aromatic carbocycles. The highest BCUT2D eigenvalue weighted by Gasteiger charge is 2.21. The topological polar surface area (TPSA) is 59.5 Å². The van der Waals surface area contributed by atoms with Crippen LogP contribution in [0, 0.1) is 5.82 Å². The van der Waals surface area contributed by atoms with Crippen molar-refractivity contribution in [3.8, 4) is 0 Å². The van der Waals surface area contributed by atoms with Crippen LogP contribution in [0.3, 0.4) is 0 Å². The minimum Gasteiger partial charge on any atom is -0.459 e. The molecule has 0 bridgehead atoms. The summed E-state index contributed by atoms with van der Waals surface area (Å²) >= 11 is 2.59. The molecule has 0 saturated heterocycles. The Balaban J connectivity index is 1.35. The van der Waals surface area contributed by atoms with Gasteiger partial charge in [0, 0.05) is 17.2 Å². The van der Waals surface area contributed by atoms with E-state index in [1.54, 1.807) is 17.5 Å². The number of halogens is 1. The van der Waals surface area contributed by atoms with Crippen molar-refractivity contribution in [1.29, 1.82) is 0 Å². The Hall–Kier alpha value is -3.23. The van der Waals surface area contributed by atoms with Crippen LogP contribution in [-0.4, -0.2) is 22.6 Å². The van der Waals surface area contributed by atoms with Crippen LogP contribution < -0.4 is 4.90 Å². The van der Waals surface area contributed by atoms with Gasteiger partial charge >= 0.3 is 5.97 Å². The van der Waals surface area contributed by atoms with E-state index in [2.05, 4.69) is 4.98 Å². The number of amides is 1. The molecule has 8 heteroatoms. The van der Waals surface area contributed by atoms with Crippen LogP contribution in [-0.2, 0) is 20.9 Å². The van der Waals surface area contributed by atoms with Gasteiger partial charge in [0.05, 0.1) is 17.1 Å². The third-order valence-corrected chi connectivity index (χ3v) is 6.44.